The third-order valence-corrected chi connectivity index (χ3v) is 1.28. The minimum Gasteiger partial charge on any atom is -0.384 e. The highest BCUT2D eigenvalue weighted by molar-refractivity contribution is 5.42. The van der Waals surface area contributed by atoms with Crippen LogP contribution in [-0.2, 0) is 0 Å². The minimum atomic E-state index is -0.595. The Morgan fingerprint density at radius 1 is 1.75 bits per heavy atom. The van der Waals surface area contributed by atoms with Gasteiger partial charge in [-0.05, 0) is 12.5 Å². The van der Waals surface area contributed by atoms with E-state index in [2.05, 4.69) is 9.82 Å². The maximum atomic E-state index is 10.4. The molecule has 2 N–H and O–H groups in total. The first-order chi connectivity index (χ1) is 5.65. The van der Waals surface area contributed by atoms with Gasteiger partial charge >= 0.3 is 11.6 Å². The SMILES string of the molecule is Cc1cnc(ON)c([N+](=O)[O-])c1. The molecular formula is C6H7N3O3. The quantitative estimate of drug-likeness (QED) is 0.515. The lowest BCUT2D eigenvalue weighted by atomic mass is 10.3. The maximum absolute atomic E-state index is 10.4. The molecule has 1 rings (SSSR count). The van der Waals surface area contributed by atoms with Gasteiger partial charge in [0.25, 0.3) is 0 Å². The van der Waals surface area contributed by atoms with Crippen LogP contribution in [0.3, 0.4) is 0 Å². The number of rotatable bonds is 2. The number of nitrogens with two attached hydrogens (primary N) is 1. The van der Waals surface area contributed by atoms with Crippen LogP contribution in [0.1, 0.15) is 5.56 Å². The van der Waals surface area contributed by atoms with E-state index in [-0.39, 0.29) is 11.6 Å². The van der Waals surface area contributed by atoms with Crippen LogP contribution in [0.5, 0.6) is 5.88 Å². The summed E-state index contributed by atoms with van der Waals surface area (Å²) in [6.45, 7) is 1.69. The van der Waals surface area contributed by atoms with Crippen molar-refractivity contribution in [1.29, 1.82) is 0 Å². The van der Waals surface area contributed by atoms with Gasteiger partial charge in [0.1, 0.15) is 0 Å². The Morgan fingerprint density at radius 2 is 2.42 bits per heavy atom. The third kappa shape index (κ3) is 1.48. The molecule has 6 nitrogen and oxygen atoms in total. The highest BCUT2D eigenvalue weighted by atomic mass is 16.6. The van der Waals surface area contributed by atoms with Crippen LogP contribution in [0, 0.1) is 17.0 Å². The van der Waals surface area contributed by atoms with Gasteiger partial charge in [0, 0.05) is 12.3 Å². The zero-order valence-electron chi connectivity index (χ0n) is 6.35. The van der Waals surface area contributed by atoms with Crippen LogP contribution >= 0.6 is 0 Å². The molecule has 0 unspecified atom stereocenters. The van der Waals surface area contributed by atoms with Crippen LogP contribution in [0.15, 0.2) is 12.3 Å². The molecule has 0 saturated heterocycles. The summed E-state index contributed by atoms with van der Waals surface area (Å²) in [5, 5.41) is 10.4. The number of hydrogen-bond donors (Lipinski definition) is 1. The normalized spacial score (nSPS) is 9.50. The maximum Gasteiger partial charge on any atom is 0.333 e. The number of nitrogens with zero attached hydrogens (tertiary/aromatic N) is 2. The first-order valence-electron chi connectivity index (χ1n) is 3.13. The molecule has 0 bridgehead atoms. The second-order valence-electron chi connectivity index (χ2n) is 2.21. The van der Waals surface area contributed by atoms with Gasteiger partial charge in [-0.25, -0.2) is 4.98 Å². The molecule has 0 spiro atoms. The minimum absolute atomic E-state index is 0.175. The first kappa shape index (κ1) is 8.41. The average molecular weight is 169 g/mol. The largest absolute Gasteiger partial charge is 0.384 e. The highest BCUT2D eigenvalue weighted by Gasteiger charge is 2.15. The lowest BCUT2D eigenvalue weighted by Gasteiger charge is -1.98. The molecule has 0 aliphatic rings. The van der Waals surface area contributed by atoms with Crippen molar-refractivity contribution in [3.8, 4) is 5.88 Å². The van der Waals surface area contributed by atoms with Crippen molar-refractivity contribution in [2.24, 2.45) is 5.90 Å². The van der Waals surface area contributed by atoms with Gasteiger partial charge in [0.05, 0.1) is 4.92 Å². The first-order valence-corrected chi connectivity index (χ1v) is 3.13. The second-order valence-corrected chi connectivity index (χ2v) is 2.21. The Kier molecular flexibility index (Phi) is 2.20. The molecule has 0 fully saturated rings. The van der Waals surface area contributed by atoms with E-state index in [4.69, 9.17) is 5.90 Å². The van der Waals surface area contributed by atoms with E-state index >= 15 is 0 Å². The Morgan fingerprint density at radius 3 is 2.92 bits per heavy atom. The predicted octanol–water partition coefficient (Wildman–Crippen LogP) is 0.551. The Balaban J connectivity index is 3.21. The van der Waals surface area contributed by atoms with Crippen molar-refractivity contribution in [2.45, 2.75) is 6.92 Å². The molecule has 0 aliphatic carbocycles. The number of hydrogen-bond acceptors (Lipinski definition) is 5. The Labute approximate surface area is 68.1 Å². The molecular weight excluding hydrogens is 162 g/mol. The molecule has 0 atom stereocenters. The van der Waals surface area contributed by atoms with Crippen molar-refractivity contribution in [2.75, 3.05) is 0 Å². The van der Waals surface area contributed by atoms with E-state index in [1.807, 2.05) is 0 Å². The molecule has 12 heavy (non-hydrogen) atoms. The van der Waals surface area contributed by atoms with E-state index in [0.717, 1.165) is 0 Å². The van der Waals surface area contributed by atoms with Gasteiger partial charge in [-0.1, -0.05) is 0 Å². The second kappa shape index (κ2) is 3.14. The van der Waals surface area contributed by atoms with Crippen molar-refractivity contribution < 1.29 is 9.76 Å². The molecule has 1 heterocycles. The standard InChI is InChI=1S/C6H7N3O3/c1-4-2-5(9(10)11)6(12-7)8-3-4/h2-3H,7H2,1H3. The zero-order chi connectivity index (χ0) is 9.14. The van der Waals surface area contributed by atoms with Crippen LogP contribution in [0.25, 0.3) is 0 Å². The smallest absolute Gasteiger partial charge is 0.333 e. The van der Waals surface area contributed by atoms with Crippen LogP contribution in [0.2, 0.25) is 0 Å². The fraction of sp³-hybridized carbons (Fsp3) is 0.167. The monoisotopic (exact) mass is 169 g/mol. The molecule has 0 radical (unpaired) electrons. The number of aromatic nitrogens is 1. The summed E-state index contributed by atoms with van der Waals surface area (Å²) in [6, 6.07) is 1.34. The molecule has 1 aromatic heterocycles. The predicted molar refractivity (Wildman–Crippen MR) is 40.4 cm³/mol. The topological polar surface area (TPSA) is 91.3 Å². The molecule has 64 valence electrons. The summed E-state index contributed by atoms with van der Waals surface area (Å²) in [5.41, 5.74) is 0.458. The van der Waals surface area contributed by atoms with Crippen LogP contribution < -0.4 is 10.7 Å². The molecule has 6 heteroatoms. The van der Waals surface area contributed by atoms with Crippen LogP contribution in [-0.4, -0.2) is 9.91 Å². The number of pyridine rings is 1. The van der Waals surface area contributed by atoms with E-state index in [0.29, 0.717) is 5.56 Å². The summed E-state index contributed by atoms with van der Waals surface area (Å²) in [5.74, 6) is 4.60. The van der Waals surface area contributed by atoms with Gasteiger partial charge < -0.3 is 4.84 Å². The molecule has 1 aromatic rings. The summed E-state index contributed by atoms with van der Waals surface area (Å²) < 4.78 is 0. The van der Waals surface area contributed by atoms with Gasteiger partial charge in [-0.3, -0.25) is 10.1 Å². The lowest BCUT2D eigenvalue weighted by Crippen LogP contribution is -2.06. The van der Waals surface area contributed by atoms with E-state index in [1.54, 1.807) is 6.92 Å². The van der Waals surface area contributed by atoms with E-state index in [9.17, 15) is 10.1 Å². The zero-order valence-corrected chi connectivity index (χ0v) is 6.35. The van der Waals surface area contributed by atoms with Crippen LogP contribution in [0.4, 0.5) is 5.69 Å². The number of nitro groups is 1. The van der Waals surface area contributed by atoms with Crippen molar-refractivity contribution in [1.82, 2.24) is 4.98 Å². The average Bonchev–Trinajstić information content (AvgIpc) is 2.04. The van der Waals surface area contributed by atoms with E-state index < -0.39 is 4.92 Å². The molecule has 0 aromatic carbocycles. The Bertz CT molecular complexity index is 313. The Hall–Kier alpha value is -1.69. The fourth-order valence-corrected chi connectivity index (χ4v) is 0.763. The third-order valence-electron chi connectivity index (χ3n) is 1.28. The van der Waals surface area contributed by atoms with Gasteiger partial charge in [0.15, 0.2) is 0 Å². The number of aryl methyl sites for hydroxylation is 1. The molecule has 0 amide bonds. The van der Waals surface area contributed by atoms with E-state index in [1.165, 1.54) is 12.3 Å². The summed E-state index contributed by atoms with van der Waals surface area (Å²) in [6.07, 6.45) is 1.44. The van der Waals surface area contributed by atoms with Gasteiger partial charge in [-0.15, -0.1) is 0 Å². The van der Waals surface area contributed by atoms with Crippen molar-refractivity contribution in [3.05, 3.63) is 27.9 Å². The summed E-state index contributed by atoms with van der Waals surface area (Å²) >= 11 is 0. The molecule has 0 saturated carbocycles. The fourth-order valence-electron chi connectivity index (χ4n) is 0.763. The summed E-state index contributed by atoms with van der Waals surface area (Å²) in [7, 11) is 0. The molecule has 0 aliphatic heterocycles. The van der Waals surface area contributed by atoms with Crippen molar-refractivity contribution >= 4 is 5.69 Å². The van der Waals surface area contributed by atoms with Crippen molar-refractivity contribution in [3.63, 3.8) is 0 Å². The summed E-state index contributed by atoms with van der Waals surface area (Å²) in [4.78, 5) is 17.6. The lowest BCUT2D eigenvalue weighted by molar-refractivity contribution is -0.386. The van der Waals surface area contributed by atoms with Gasteiger partial charge in [0.2, 0.25) is 0 Å². The van der Waals surface area contributed by atoms with Gasteiger partial charge in [-0.2, -0.15) is 5.90 Å². The highest BCUT2D eigenvalue weighted by Crippen LogP contribution is 2.23.